The summed E-state index contributed by atoms with van der Waals surface area (Å²) in [5, 5.41) is 20.2. The van der Waals surface area contributed by atoms with Crippen LogP contribution in [0.2, 0.25) is 0 Å². The Morgan fingerprint density at radius 3 is 2.73 bits per heavy atom. The molecule has 1 unspecified atom stereocenters. The van der Waals surface area contributed by atoms with E-state index in [1.165, 1.54) is 17.6 Å². The maximum atomic E-state index is 12.2. The lowest BCUT2D eigenvalue weighted by molar-refractivity contribution is -0.0783. The minimum atomic E-state index is -1.55. The van der Waals surface area contributed by atoms with E-state index in [2.05, 4.69) is 16.8 Å². The minimum absolute atomic E-state index is 0.0774. The molecule has 0 bridgehead atoms. The zero-order valence-electron chi connectivity index (χ0n) is 12.6. The zero-order valence-corrected chi connectivity index (χ0v) is 12.6. The number of aliphatic hydroxyl groups is 2. The summed E-state index contributed by atoms with van der Waals surface area (Å²) in [7, 11) is 0. The van der Waals surface area contributed by atoms with Crippen LogP contribution in [0.3, 0.4) is 0 Å². The van der Waals surface area contributed by atoms with E-state index in [0.717, 1.165) is 0 Å². The Bertz CT molecular complexity index is 690. The van der Waals surface area contributed by atoms with Crippen LogP contribution >= 0.6 is 0 Å². The normalized spacial score (nSPS) is 32.4. The standard InChI is InChI=1S/C14H20N4O4/c1-4-5-14(16)11(20)10(8(3)19)22-12(14)18-7(2)6-9(15)17-13(18)21/h6,8,10-12,19-20H,16H2,1-3H3,(H2,15,17,21)/t8-,10-,11+,12-,14?/m1/s1. The number of aryl methyl sites for hydroxylation is 1. The van der Waals surface area contributed by atoms with Crippen LogP contribution in [0.15, 0.2) is 10.9 Å². The van der Waals surface area contributed by atoms with Gasteiger partial charge in [0.25, 0.3) is 0 Å². The van der Waals surface area contributed by atoms with Crippen molar-refractivity contribution in [1.29, 1.82) is 0 Å². The molecule has 1 fully saturated rings. The van der Waals surface area contributed by atoms with Crippen molar-refractivity contribution in [2.24, 2.45) is 5.73 Å². The molecule has 0 saturated carbocycles. The smallest absolute Gasteiger partial charge is 0.351 e. The highest BCUT2D eigenvalue weighted by Crippen LogP contribution is 2.37. The lowest BCUT2D eigenvalue weighted by Gasteiger charge is -2.29. The third kappa shape index (κ3) is 2.48. The number of ether oxygens (including phenoxy) is 1. The number of aliphatic hydroxyl groups excluding tert-OH is 2. The van der Waals surface area contributed by atoms with Crippen LogP contribution in [-0.2, 0) is 4.74 Å². The van der Waals surface area contributed by atoms with Gasteiger partial charge in [-0.2, -0.15) is 4.98 Å². The van der Waals surface area contributed by atoms with E-state index in [1.807, 2.05) is 0 Å². The van der Waals surface area contributed by atoms with Crippen LogP contribution in [0.4, 0.5) is 5.82 Å². The lowest BCUT2D eigenvalue weighted by atomic mass is 9.90. The minimum Gasteiger partial charge on any atom is -0.391 e. The van der Waals surface area contributed by atoms with Crippen molar-refractivity contribution in [2.45, 2.75) is 50.8 Å². The van der Waals surface area contributed by atoms with E-state index in [9.17, 15) is 15.0 Å². The molecule has 0 aliphatic carbocycles. The molecule has 120 valence electrons. The molecule has 1 saturated heterocycles. The van der Waals surface area contributed by atoms with Gasteiger partial charge in [-0.25, -0.2) is 4.79 Å². The summed E-state index contributed by atoms with van der Waals surface area (Å²) >= 11 is 0. The van der Waals surface area contributed by atoms with E-state index in [0.29, 0.717) is 5.69 Å². The average molecular weight is 308 g/mol. The molecule has 1 aromatic heterocycles. The van der Waals surface area contributed by atoms with E-state index < -0.39 is 35.8 Å². The van der Waals surface area contributed by atoms with E-state index in [-0.39, 0.29) is 5.82 Å². The molecule has 2 rings (SSSR count). The van der Waals surface area contributed by atoms with Gasteiger partial charge in [-0.15, -0.1) is 5.92 Å². The third-order valence-electron chi connectivity index (χ3n) is 3.71. The zero-order chi connectivity index (χ0) is 16.7. The van der Waals surface area contributed by atoms with Crippen LogP contribution < -0.4 is 17.2 Å². The molecule has 8 nitrogen and oxygen atoms in total. The topological polar surface area (TPSA) is 137 Å². The highest BCUT2D eigenvalue weighted by molar-refractivity contribution is 5.31. The second-order valence-electron chi connectivity index (χ2n) is 5.42. The molecule has 0 spiro atoms. The third-order valence-corrected chi connectivity index (χ3v) is 3.71. The Balaban J connectivity index is 2.62. The Hall–Kier alpha value is -1.92. The first-order valence-corrected chi connectivity index (χ1v) is 6.82. The summed E-state index contributed by atoms with van der Waals surface area (Å²) in [6, 6.07) is 1.49. The second-order valence-corrected chi connectivity index (χ2v) is 5.42. The highest BCUT2D eigenvalue weighted by Gasteiger charge is 2.56. The van der Waals surface area contributed by atoms with Gasteiger partial charge >= 0.3 is 5.69 Å². The predicted molar refractivity (Wildman–Crippen MR) is 79.6 cm³/mol. The van der Waals surface area contributed by atoms with Crippen LogP contribution in [0.1, 0.15) is 25.8 Å². The van der Waals surface area contributed by atoms with Crippen molar-refractivity contribution >= 4 is 5.82 Å². The van der Waals surface area contributed by atoms with Gasteiger partial charge in [0.15, 0.2) is 11.8 Å². The van der Waals surface area contributed by atoms with Crippen molar-refractivity contribution in [2.75, 3.05) is 5.73 Å². The Labute approximate surface area is 127 Å². The first-order valence-electron chi connectivity index (χ1n) is 6.82. The average Bonchev–Trinajstić information content (AvgIpc) is 2.63. The van der Waals surface area contributed by atoms with Crippen molar-refractivity contribution in [3.63, 3.8) is 0 Å². The monoisotopic (exact) mass is 308 g/mol. The van der Waals surface area contributed by atoms with Crippen LogP contribution in [0.25, 0.3) is 0 Å². The summed E-state index contributed by atoms with van der Waals surface area (Å²) in [4.78, 5) is 15.8. The quantitative estimate of drug-likeness (QED) is 0.488. The molecule has 0 aromatic carbocycles. The van der Waals surface area contributed by atoms with Gasteiger partial charge in [0.1, 0.15) is 18.0 Å². The number of nitrogens with two attached hydrogens (primary N) is 2. The van der Waals surface area contributed by atoms with Gasteiger partial charge in [0.2, 0.25) is 0 Å². The first-order chi connectivity index (χ1) is 10.2. The fourth-order valence-electron chi connectivity index (χ4n) is 2.67. The molecule has 5 atom stereocenters. The number of hydrogen-bond donors (Lipinski definition) is 4. The number of hydrogen-bond acceptors (Lipinski definition) is 7. The molecule has 0 radical (unpaired) electrons. The van der Waals surface area contributed by atoms with Crippen molar-refractivity contribution in [1.82, 2.24) is 9.55 Å². The van der Waals surface area contributed by atoms with Crippen LogP contribution in [0, 0.1) is 18.8 Å². The first kappa shape index (κ1) is 16.5. The Kier molecular flexibility index (Phi) is 4.26. The molecule has 8 heteroatoms. The largest absolute Gasteiger partial charge is 0.391 e. The molecule has 0 amide bonds. The fraction of sp³-hybridized carbons (Fsp3) is 0.571. The van der Waals surface area contributed by atoms with Gasteiger partial charge in [-0.1, -0.05) is 5.92 Å². The summed E-state index contributed by atoms with van der Waals surface area (Å²) in [6.07, 6.45) is -4.32. The molecular formula is C14H20N4O4. The van der Waals surface area contributed by atoms with Gasteiger partial charge in [-0.3, -0.25) is 4.57 Å². The van der Waals surface area contributed by atoms with Gasteiger partial charge in [0, 0.05) is 5.69 Å². The highest BCUT2D eigenvalue weighted by atomic mass is 16.5. The maximum absolute atomic E-state index is 12.2. The van der Waals surface area contributed by atoms with Gasteiger partial charge in [-0.05, 0) is 26.8 Å². The van der Waals surface area contributed by atoms with Crippen molar-refractivity contribution in [3.8, 4) is 11.8 Å². The summed E-state index contributed by atoms with van der Waals surface area (Å²) in [5.74, 6) is 5.41. The molecule has 2 heterocycles. The number of anilines is 1. The summed E-state index contributed by atoms with van der Waals surface area (Å²) in [6.45, 7) is 4.67. The number of nitrogens with zero attached hydrogens (tertiary/aromatic N) is 2. The second kappa shape index (κ2) is 5.70. The molecular weight excluding hydrogens is 288 g/mol. The molecule has 1 aromatic rings. The molecule has 1 aliphatic heterocycles. The van der Waals surface area contributed by atoms with E-state index in [4.69, 9.17) is 16.2 Å². The van der Waals surface area contributed by atoms with Crippen molar-refractivity contribution < 1.29 is 14.9 Å². The molecule has 6 N–H and O–H groups in total. The predicted octanol–water partition coefficient (Wildman–Crippen LogP) is -1.51. The van der Waals surface area contributed by atoms with E-state index in [1.54, 1.807) is 13.8 Å². The van der Waals surface area contributed by atoms with Crippen LogP contribution in [0.5, 0.6) is 0 Å². The Morgan fingerprint density at radius 1 is 1.59 bits per heavy atom. The van der Waals surface area contributed by atoms with Gasteiger partial charge < -0.3 is 26.4 Å². The Morgan fingerprint density at radius 2 is 2.23 bits per heavy atom. The SMILES string of the molecule is CC#CC1(N)[C@@H](O)[C@@H]([C@@H](C)O)O[C@H]1n1c(C)cc(N)nc1=O. The molecule has 22 heavy (non-hydrogen) atoms. The fourth-order valence-corrected chi connectivity index (χ4v) is 2.67. The molecule has 1 aliphatic rings. The number of rotatable bonds is 2. The van der Waals surface area contributed by atoms with Crippen molar-refractivity contribution in [3.05, 3.63) is 22.2 Å². The number of aromatic nitrogens is 2. The van der Waals surface area contributed by atoms with E-state index >= 15 is 0 Å². The summed E-state index contributed by atoms with van der Waals surface area (Å²) in [5.41, 5.74) is 10.0. The maximum Gasteiger partial charge on any atom is 0.351 e. The summed E-state index contributed by atoms with van der Waals surface area (Å²) < 4.78 is 6.83. The van der Waals surface area contributed by atoms with Crippen LogP contribution in [-0.4, -0.2) is 43.6 Å². The lowest BCUT2D eigenvalue weighted by Crippen LogP contribution is -2.55. The number of nitrogen functional groups attached to an aromatic ring is 1. The van der Waals surface area contributed by atoms with Gasteiger partial charge in [0.05, 0.1) is 6.10 Å².